The molecule has 0 aliphatic carbocycles. The van der Waals surface area contributed by atoms with Crippen molar-refractivity contribution >= 4 is 0 Å². The highest BCUT2D eigenvalue weighted by Gasteiger charge is 2.23. The summed E-state index contributed by atoms with van der Waals surface area (Å²) < 4.78 is 5.75. The Hall–Kier alpha value is -1.06. The van der Waals surface area contributed by atoms with E-state index < -0.39 is 6.10 Å². The molecule has 1 heterocycles. The Morgan fingerprint density at radius 2 is 1.71 bits per heavy atom. The minimum absolute atomic E-state index is 0.363. The van der Waals surface area contributed by atoms with Gasteiger partial charge in [0.25, 0.3) is 0 Å². The molecule has 1 N–H and O–H groups in total. The van der Waals surface area contributed by atoms with E-state index >= 15 is 0 Å². The van der Waals surface area contributed by atoms with Gasteiger partial charge in [0.2, 0.25) is 0 Å². The molecule has 0 unspecified atom stereocenters. The molecule has 21 heavy (non-hydrogen) atoms. The standard InChI is InChI=1S/C18H29NO2/c1-13-5-14(2)8-18(7-13)21-12-17(20)11-19-9-15(3)6-16(4)10-19/h5,7-8,15-17,20H,6,9-12H2,1-4H3/t15-,16+,17-/m0/s1. The fourth-order valence-electron chi connectivity index (χ4n) is 3.50. The maximum atomic E-state index is 10.2. The van der Waals surface area contributed by atoms with Gasteiger partial charge in [0, 0.05) is 19.6 Å². The van der Waals surface area contributed by atoms with Crippen molar-refractivity contribution in [3.63, 3.8) is 0 Å². The number of hydrogen-bond donors (Lipinski definition) is 1. The fourth-order valence-corrected chi connectivity index (χ4v) is 3.50. The number of β-amino-alcohol motifs (C(OH)–C–C–N with tert-alkyl or cyclic N) is 1. The van der Waals surface area contributed by atoms with Crippen molar-refractivity contribution < 1.29 is 9.84 Å². The van der Waals surface area contributed by atoms with Gasteiger partial charge in [-0.1, -0.05) is 19.9 Å². The summed E-state index contributed by atoms with van der Waals surface area (Å²) >= 11 is 0. The second-order valence-electron chi connectivity index (χ2n) is 6.95. The Labute approximate surface area is 128 Å². The van der Waals surface area contributed by atoms with Crippen molar-refractivity contribution in [2.45, 2.75) is 40.2 Å². The minimum atomic E-state index is -0.427. The molecule has 0 spiro atoms. The molecule has 0 bridgehead atoms. The van der Waals surface area contributed by atoms with Crippen LogP contribution in [0.25, 0.3) is 0 Å². The van der Waals surface area contributed by atoms with E-state index in [-0.39, 0.29) is 0 Å². The van der Waals surface area contributed by atoms with Gasteiger partial charge in [0.1, 0.15) is 18.5 Å². The molecule has 1 aliphatic rings. The maximum Gasteiger partial charge on any atom is 0.119 e. The Morgan fingerprint density at radius 3 is 2.29 bits per heavy atom. The van der Waals surface area contributed by atoms with Crippen LogP contribution in [0.1, 0.15) is 31.4 Å². The summed E-state index contributed by atoms with van der Waals surface area (Å²) in [6.45, 7) is 12.0. The van der Waals surface area contributed by atoms with E-state index in [4.69, 9.17) is 4.74 Å². The molecular formula is C18H29NO2. The zero-order valence-electron chi connectivity index (χ0n) is 13.8. The largest absolute Gasteiger partial charge is 0.491 e. The minimum Gasteiger partial charge on any atom is -0.491 e. The predicted molar refractivity (Wildman–Crippen MR) is 86.8 cm³/mol. The van der Waals surface area contributed by atoms with Gasteiger partial charge < -0.3 is 14.7 Å². The number of likely N-dealkylation sites (tertiary alicyclic amines) is 1. The van der Waals surface area contributed by atoms with Gasteiger partial charge in [-0.25, -0.2) is 0 Å². The van der Waals surface area contributed by atoms with Gasteiger partial charge in [-0.2, -0.15) is 0 Å². The summed E-state index contributed by atoms with van der Waals surface area (Å²) in [4.78, 5) is 2.37. The molecule has 3 atom stereocenters. The van der Waals surface area contributed by atoms with Crippen LogP contribution >= 0.6 is 0 Å². The van der Waals surface area contributed by atoms with Crippen LogP contribution in [-0.2, 0) is 0 Å². The van der Waals surface area contributed by atoms with Gasteiger partial charge in [0.05, 0.1) is 0 Å². The smallest absolute Gasteiger partial charge is 0.119 e. The summed E-state index contributed by atoms with van der Waals surface area (Å²) in [5.74, 6) is 2.30. The van der Waals surface area contributed by atoms with Gasteiger partial charge >= 0.3 is 0 Å². The molecule has 1 aliphatic heterocycles. The molecule has 0 saturated carbocycles. The number of piperidine rings is 1. The third kappa shape index (κ3) is 5.33. The molecule has 3 heteroatoms. The van der Waals surface area contributed by atoms with Crippen LogP contribution < -0.4 is 4.74 Å². The van der Waals surface area contributed by atoms with Crippen molar-refractivity contribution in [2.24, 2.45) is 11.8 Å². The third-order valence-electron chi connectivity index (χ3n) is 4.05. The molecule has 3 nitrogen and oxygen atoms in total. The molecule has 1 saturated heterocycles. The first kappa shape index (κ1) is 16.3. The van der Waals surface area contributed by atoms with Crippen molar-refractivity contribution in [3.05, 3.63) is 29.3 Å². The lowest BCUT2D eigenvalue weighted by atomic mass is 9.92. The lowest BCUT2D eigenvalue weighted by Crippen LogP contribution is -2.44. The number of benzene rings is 1. The van der Waals surface area contributed by atoms with Crippen LogP contribution in [0.4, 0.5) is 0 Å². The van der Waals surface area contributed by atoms with Gasteiger partial charge in [-0.05, 0) is 55.4 Å². The first-order valence-corrected chi connectivity index (χ1v) is 8.04. The Balaban J connectivity index is 1.80. The van der Waals surface area contributed by atoms with E-state index in [2.05, 4.69) is 38.7 Å². The second kappa shape index (κ2) is 7.28. The number of aliphatic hydroxyl groups is 1. The van der Waals surface area contributed by atoms with E-state index in [0.29, 0.717) is 13.2 Å². The number of hydrogen-bond acceptors (Lipinski definition) is 3. The van der Waals surface area contributed by atoms with E-state index in [1.54, 1.807) is 0 Å². The summed E-state index contributed by atoms with van der Waals surface area (Å²) in [6, 6.07) is 6.16. The van der Waals surface area contributed by atoms with Gasteiger partial charge in [-0.15, -0.1) is 0 Å². The summed E-state index contributed by atoms with van der Waals surface area (Å²) in [5.41, 5.74) is 2.39. The molecule has 1 fully saturated rings. The molecule has 2 rings (SSSR count). The average molecular weight is 291 g/mol. The predicted octanol–water partition coefficient (Wildman–Crippen LogP) is 3.02. The highest BCUT2D eigenvalue weighted by atomic mass is 16.5. The normalized spacial score (nSPS) is 24.8. The zero-order chi connectivity index (χ0) is 15.4. The van der Waals surface area contributed by atoms with E-state index in [1.807, 2.05) is 12.1 Å². The summed E-state index contributed by atoms with van der Waals surface area (Å²) in [7, 11) is 0. The Morgan fingerprint density at radius 1 is 1.14 bits per heavy atom. The quantitative estimate of drug-likeness (QED) is 0.905. The van der Waals surface area contributed by atoms with Gasteiger partial charge in [0.15, 0.2) is 0 Å². The van der Waals surface area contributed by atoms with Crippen molar-refractivity contribution in [1.29, 1.82) is 0 Å². The van der Waals surface area contributed by atoms with Crippen LogP contribution in [0.3, 0.4) is 0 Å². The molecule has 118 valence electrons. The molecule has 1 aromatic carbocycles. The van der Waals surface area contributed by atoms with Crippen LogP contribution in [0.5, 0.6) is 5.75 Å². The number of nitrogens with zero attached hydrogens (tertiary/aromatic N) is 1. The third-order valence-corrected chi connectivity index (χ3v) is 4.05. The number of ether oxygens (including phenoxy) is 1. The lowest BCUT2D eigenvalue weighted by molar-refractivity contribution is 0.0428. The van der Waals surface area contributed by atoms with Crippen molar-refractivity contribution in [1.82, 2.24) is 4.90 Å². The van der Waals surface area contributed by atoms with Crippen LogP contribution in [0, 0.1) is 25.7 Å². The van der Waals surface area contributed by atoms with Gasteiger partial charge in [-0.3, -0.25) is 0 Å². The molecule has 1 aromatic rings. The van der Waals surface area contributed by atoms with E-state index in [0.717, 1.165) is 30.7 Å². The van der Waals surface area contributed by atoms with Crippen LogP contribution in [0.2, 0.25) is 0 Å². The monoisotopic (exact) mass is 291 g/mol. The molecular weight excluding hydrogens is 262 g/mol. The first-order valence-electron chi connectivity index (χ1n) is 8.04. The number of rotatable bonds is 5. The SMILES string of the molecule is Cc1cc(C)cc(OC[C@@H](O)CN2C[C@H](C)C[C@H](C)C2)c1. The lowest BCUT2D eigenvalue weighted by Gasteiger charge is -2.35. The second-order valence-corrected chi connectivity index (χ2v) is 6.95. The van der Waals surface area contributed by atoms with E-state index in [9.17, 15) is 5.11 Å². The Kier molecular flexibility index (Phi) is 5.65. The maximum absolute atomic E-state index is 10.2. The Bertz CT molecular complexity index is 430. The van der Waals surface area contributed by atoms with Crippen LogP contribution in [-0.4, -0.2) is 42.4 Å². The van der Waals surface area contributed by atoms with Crippen LogP contribution in [0.15, 0.2) is 18.2 Å². The summed E-state index contributed by atoms with van der Waals surface area (Å²) in [5, 5.41) is 10.2. The summed E-state index contributed by atoms with van der Waals surface area (Å²) in [6.07, 6.45) is 0.870. The number of aryl methyl sites for hydroxylation is 2. The molecule has 0 aromatic heterocycles. The highest BCUT2D eigenvalue weighted by molar-refractivity contribution is 5.32. The zero-order valence-corrected chi connectivity index (χ0v) is 13.8. The van der Waals surface area contributed by atoms with Crippen molar-refractivity contribution in [2.75, 3.05) is 26.2 Å². The molecule has 0 amide bonds. The first-order chi connectivity index (χ1) is 9.92. The van der Waals surface area contributed by atoms with E-state index in [1.165, 1.54) is 17.5 Å². The highest BCUT2D eigenvalue weighted by Crippen LogP contribution is 2.21. The number of aliphatic hydroxyl groups excluding tert-OH is 1. The fraction of sp³-hybridized carbons (Fsp3) is 0.667. The molecule has 0 radical (unpaired) electrons. The van der Waals surface area contributed by atoms with Crippen molar-refractivity contribution in [3.8, 4) is 5.75 Å². The average Bonchev–Trinajstić information content (AvgIpc) is 2.34. The topological polar surface area (TPSA) is 32.7 Å².